The molecule has 0 aromatic heterocycles. The van der Waals surface area contributed by atoms with Crippen LogP contribution >= 0.6 is 0 Å². The van der Waals surface area contributed by atoms with Crippen molar-refractivity contribution in [3.63, 3.8) is 0 Å². The minimum absolute atomic E-state index is 0.245. The van der Waals surface area contributed by atoms with E-state index in [1.807, 2.05) is 30.3 Å². The van der Waals surface area contributed by atoms with Crippen LogP contribution in [0.1, 0.15) is 18.4 Å². The van der Waals surface area contributed by atoms with Crippen LogP contribution in [0.3, 0.4) is 0 Å². The molecule has 0 radical (unpaired) electrons. The second kappa shape index (κ2) is 6.54. The van der Waals surface area contributed by atoms with E-state index in [9.17, 15) is 9.90 Å². The molecular weight excluding hydrogens is 244 g/mol. The van der Waals surface area contributed by atoms with Crippen molar-refractivity contribution in [1.29, 1.82) is 0 Å². The van der Waals surface area contributed by atoms with Gasteiger partial charge >= 0.3 is 6.09 Å². The van der Waals surface area contributed by atoms with Crippen LogP contribution in [0.5, 0.6) is 0 Å². The summed E-state index contributed by atoms with van der Waals surface area (Å²) < 4.78 is 5.24. The lowest BCUT2D eigenvalue weighted by molar-refractivity contribution is 0.0702. The highest BCUT2D eigenvalue weighted by Crippen LogP contribution is 2.12. The van der Waals surface area contributed by atoms with Crippen molar-refractivity contribution in [1.82, 2.24) is 4.90 Å². The molecule has 1 aromatic rings. The van der Waals surface area contributed by atoms with Crippen molar-refractivity contribution in [2.24, 2.45) is 5.73 Å². The number of carbonyl (C=O) groups is 1. The van der Waals surface area contributed by atoms with Crippen LogP contribution < -0.4 is 5.73 Å². The normalized spacial score (nSPS) is 23.8. The number of ether oxygens (including phenoxy) is 1. The van der Waals surface area contributed by atoms with Crippen LogP contribution in [0.25, 0.3) is 0 Å². The van der Waals surface area contributed by atoms with Gasteiger partial charge in [-0.3, -0.25) is 0 Å². The second-order valence-corrected chi connectivity index (χ2v) is 4.86. The molecule has 1 aliphatic heterocycles. The van der Waals surface area contributed by atoms with E-state index in [2.05, 4.69) is 0 Å². The van der Waals surface area contributed by atoms with E-state index in [0.29, 0.717) is 6.54 Å². The summed E-state index contributed by atoms with van der Waals surface area (Å²) in [5.74, 6) is 0. The highest BCUT2D eigenvalue weighted by atomic mass is 16.6. The van der Waals surface area contributed by atoms with E-state index in [-0.39, 0.29) is 19.2 Å². The number of carbonyl (C=O) groups excluding carboxylic acids is 1. The van der Waals surface area contributed by atoms with Crippen molar-refractivity contribution < 1.29 is 14.6 Å². The molecule has 1 fully saturated rings. The highest BCUT2D eigenvalue weighted by Gasteiger charge is 2.26. The fourth-order valence-electron chi connectivity index (χ4n) is 2.14. The van der Waals surface area contributed by atoms with Crippen molar-refractivity contribution in [2.45, 2.75) is 31.6 Å². The van der Waals surface area contributed by atoms with Gasteiger partial charge in [-0.2, -0.15) is 0 Å². The molecule has 0 unspecified atom stereocenters. The minimum Gasteiger partial charge on any atom is -0.445 e. The Labute approximate surface area is 113 Å². The van der Waals surface area contributed by atoms with Crippen molar-refractivity contribution in [3.05, 3.63) is 35.9 Å². The first kappa shape index (κ1) is 13.8. The zero-order valence-electron chi connectivity index (χ0n) is 10.9. The summed E-state index contributed by atoms with van der Waals surface area (Å²) in [6.07, 6.45) is 0.450. The molecule has 0 saturated carbocycles. The fourth-order valence-corrected chi connectivity index (χ4v) is 2.14. The third-order valence-corrected chi connectivity index (χ3v) is 3.33. The minimum atomic E-state index is -0.674. The van der Waals surface area contributed by atoms with Crippen molar-refractivity contribution in [3.8, 4) is 0 Å². The summed E-state index contributed by atoms with van der Waals surface area (Å²) in [6, 6.07) is 9.26. The Morgan fingerprint density at radius 3 is 2.89 bits per heavy atom. The first-order chi connectivity index (χ1) is 9.16. The number of likely N-dealkylation sites (tertiary alicyclic amines) is 1. The molecule has 104 valence electrons. The van der Waals surface area contributed by atoms with Gasteiger partial charge < -0.3 is 20.5 Å². The average molecular weight is 264 g/mol. The zero-order valence-corrected chi connectivity index (χ0v) is 10.9. The predicted octanol–water partition coefficient (Wildman–Crippen LogP) is 1.11. The van der Waals surface area contributed by atoms with Crippen LogP contribution in [0.2, 0.25) is 0 Å². The second-order valence-electron chi connectivity index (χ2n) is 4.86. The number of aliphatic hydroxyl groups excluding tert-OH is 1. The van der Waals surface area contributed by atoms with Gasteiger partial charge in [0.2, 0.25) is 0 Å². The smallest absolute Gasteiger partial charge is 0.410 e. The van der Waals surface area contributed by atoms with E-state index in [1.165, 1.54) is 4.90 Å². The van der Waals surface area contributed by atoms with E-state index in [1.54, 1.807) is 0 Å². The van der Waals surface area contributed by atoms with Gasteiger partial charge in [0, 0.05) is 12.6 Å². The van der Waals surface area contributed by atoms with Gasteiger partial charge in [0.05, 0.1) is 12.6 Å². The van der Waals surface area contributed by atoms with Crippen LogP contribution in [0.4, 0.5) is 4.79 Å². The summed E-state index contributed by atoms with van der Waals surface area (Å²) in [5.41, 5.74) is 6.72. The number of benzene rings is 1. The number of aliphatic hydroxyl groups is 1. The molecule has 0 bridgehead atoms. The number of amides is 1. The lowest BCUT2D eigenvalue weighted by Gasteiger charge is -2.22. The van der Waals surface area contributed by atoms with Gasteiger partial charge in [-0.1, -0.05) is 30.3 Å². The molecule has 1 aromatic carbocycles. The predicted molar refractivity (Wildman–Crippen MR) is 71.4 cm³/mol. The monoisotopic (exact) mass is 264 g/mol. The van der Waals surface area contributed by atoms with Crippen LogP contribution in [0, 0.1) is 0 Å². The largest absolute Gasteiger partial charge is 0.445 e. The Morgan fingerprint density at radius 2 is 2.16 bits per heavy atom. The first-order valence-electron chi connectivity index (χ1n) is 6.56. The molecule has 3 N–H and O–H groups in total. The van der Waals surface area contributed by atoms with Gasteiger partial charge in [0.1, 0.15) is 6.61 Å². The van der Waals surface area contributed by atoms with Crippen molar-refractivity contribution >= 4 is 6.09 Å². The number of nitrogens with zero attached hydrogens (tertiary/aromatic N) is 1. The molecule has 5 heteroatoms. The van der Waals surface area contributed by atoms with Gasteiger partial charge in [-0.05, 0) is 18.4 Å². The van der Waals surface area contributed by atoms with Gasteiger partial charge in [-0.25, -0.2) is 4.79 Å². The molecule has 19 heavy (non-hydrogen) atoms. The standard InChI is InChI=1S/C14H20N2O3/c15-12-7-4-8-16(9-13(12)17)14(18)19-10-11-5-2-1-3-6-11/h1-3,5-6,12-13,17H,4,7-10,15H2/t12-,13-/m0/s1. The highest BCUT2D eigenvalue weighted by molar-refractivity contribution is 5.67. The van der Waals surface area contributed by atoms with E-state index in [0.717, 1.165) is 18.4 Å². The van der Waals surface area contributed by atoms with Crippen molar-refractivity contribution in [2.75, 3.05) is 13.1 Å². The summed E-state index contributed by atoms with van der Waals surface area (Å²) in [7, 11) is 0. The maximum atomic E-state index is 11.9. The number of hydrogen-bond acceptors (Lipinski definition) is 4. The average Bonchev–Trinajstić information content (AvgIpc) is 2.60. The first-order valence-corrected chi connectivity index (χ1v) is 6.56. The third-order valence-electron chi connectivity index (χ3n) is 3.33. The lowest BCUT2D eigenvalue weighted by Crippen LogP contribution is -2.42. The van der Waals surface area contributed by atoms with Crippen LogP contribution in [-0.4, -0.2) is 41.3 Å². The molecule has 5 nitrogen and oxygen atoms in total. The molecular formula is C14H20N2O3. The maximum Gasteiger partial charge on any atom is 0.410 e. The Bertz CT molecular complexity index is 410. The summed E-state index contributed by atoms with van der Waals surface area (Å²) >= 11 is 0. The molecule has 0 aliphatic carbocycles. The Balaban J connectivity index is 1.85. The lowest BCUT2D eigenvalue weighted by atomic mass is 10.1. The summed E-state index contributed by atoms with van der Waals surface area (Å²) in [4.78, 5) is 13.5. The molecule has 0 spiro atoms. The zero-order chi connectivity index (χ0) is 13.7. The van der Waals surface area contributed by atoms with E-state index >= 15 is 0 Å². The molecule has 1 aliphatic rings. The number of nitrogens with two attached hydrogens (primary N) is 1. The van der Waals surface area contributed by atoms with E-state index in [4.69, 9.17) is 10.5 Å². The number of hydrogen-bond donors (Lipinski definition) is 2. The molecule has 1 amide bonds. The Morgan fingerprint density at radius 1 is 1.42 bits per heavy atom. The maximum absolute atomic E-state index is 11.9. The molecule has 2 rings (SSSR count). The van der Waals surface area contributed by atoms with E-state index < -0.39 is 12.2 Å². The Hall–Kier alpha value is -1.59. The summed E-state index contributed by atoms with van der Waals surface area (Å²) in [6.45, 7) is 1.07. The molecule has 1 heterocycles. The van der Waals surface area contributed by atoms with Gasteiger partial charge in [-0.15, -0.1) is 0 Å². The Kier molecular flexibility index (Phi) is 4.76. The number of rotatable bonds is 2. The van der Waals surface area contributed by atoms with Crippen LogP contribution in [-0.2, 0) is 11.3 Å². The molecule has 1 saturated heterocycles. The number of β-amino-alcohol motifs (C(OH)–C–C–N with tert-alkyl or cyclic N) is 1. The third kappa shape index (κ3) is 3.94. The topological polar surface area (TPSA) is 75.8 Å². The fraction of sp³-hybridized carbons (Fsp3) is 0.500. The van der Waals surface area contributed by atoms with Crippen LogP contribution in [0.15, 0.2) is 30.3 Å². The SMILES string of the molecule is N[C@H]1CCCN(C(=O)OCc2ccccc2)C[C@@H]1O. The molecule has 2 atom stereocenters. The van der Waals surface area contributed by atoms with Gasteiger partial charge in [0.25, 0.3) is 0 Å². The summed E-state index contributed by atoms with van der Waals surface area (Å²) in [5, 5.41) is 9.79. The van der Waals surface area contributed by atoms with Gasteiger partial charge in [0.15, 0.2) is 0 Å². The quantitative estimate of drug-likeness (QED) is 0.839.